The van der Waals surface area contributed by atoms with Crippen LogP contribution in [-0.2, 0) is 6.42 Å². The van der Waals surface area contributed by atoms with Gasteiger partial charge in [-0.15, -0.1) is 0 Å². The first-order chi connectivity index (χ1) is 9.56. The van der Waals surface area contributed by atoms with Crippen LogP contribution in [0.3, 0.4) is 0 Å². The van der Waals surface area contributed by atoms with Gasteiger partial charge in [0.1, 0.15) is 11.6 Å². The molecule has 0 amide bonds. The fraction of sp³-hybridized carbons (Fsp3) is 0.188. The molecule has 0 saturated heterocycles. The first kappa shape index (κ1) is 14.7. The van der Waals surface area contributed by atoms with E-state index in [-0.39, 0.29) is 5.12 Å². The van der Waals surface area contributed by atoms with Crippen molar-refractivity contribution in [3.05, 3.63) is 59.2 Å². The molecule has 2 aromatic rings. The summed E-state index contributed by atoms with van der Waals surface area (Å²) in [7, 11) is 0. The topological polar surface area (TPSA) is 17.1 Å². The maximum atomic E-state index is 13.5. The molecule has 0 bridgehead atoms. The Kier molecular flexibility index (Phi) is 4.55. The number of thioether (sulfide) groups is 1. The van der Waals surface area contributed by atoms with Crippen molar-refractivity contribution in [2.75, 3.05) is 6.26 Å². The van der Waals surface area contributed by atoms with E-state index in [2.05, 4.69) is 0 Å². The second-order valence-corrected chi connectivity index (χ2v) is 5.12. The molecule has 0 radical (unpaired) electrons. The number of aryl methyl sites for hydroxylation is 1. The van der Waals surface area contributed by atoms with E-state index in [1.165, 1.54) is 30.3 Å². The van der Waals surface area contributed by atoms with Crippen molar-refractivity contribution in [3.63, 3.8) is 0 Å². The van der Waals surface area contributed by atoms with Gasteiger partial charge in [0.2, 0.25) is 5.12 Å². The highest BCUT2D eigenvalue weighted by Crippen LogP contribution is 2.31. The molecule has 0 aliphatic heterocycles. The van der Waals surface area contributed by atoms with Crippen molar-refractivity contribution in [3.8, 4) is 11.1 Å². The van der Waals surface area contributed by atoms with E-state index < -0.39 is 11.6 Å². The molecule has 2 rings (SSSR count). The summed E-state index contributed by atoms with van der Waals surface area (Å²) in [5, 5.41) is -0.161. The predicted molar refractivity (Wildman–Crippen MR) is 79.0 cm³/mol. The Labute approximate surface area is 121 Å². The second-order valence-electron chi connectivity index (χ2n) is 4.34. The molecule has 0 spiro atoms. The van der Waals surface area contributed by atoms with E-state index in [0.29, 0.717) is 23.1 Å². The van der Waals surface area contributed by atoms with E-state index in [4.69, 9.17) is 0 Å². The Morgan fingerprint density at radius 1 is 1.05 bits per heavy atom. The number of benzene rings is 2. The summed E-state index contributed by atoms with van der Waals surface area (Å²) in [6.07, 6.45) is 2.35. The summed E-state index contributed by atoms with van der Waals surface area (Å²) in [5.41, 5.74) is 2.30. The van der Waals surface area contributed by atoms with Crippen LogP contribution in [0.5, 0.6) is 0 Å². The maximum absolute atomic E-state index is 13.5. The molecule has 0 heterocycles. The van der Waals surface area contributed by atoms with Gasteiger partial charge in [-0.25, -0.2) is 8.78 Å². The van der Waals surface area contributed by atoms with Crippen LogP contribution in [0.15, 0.2) is 36.4 Å². The molecule has 0 aliphatic rings. The van der Waals surface area contributed by atoms with Crippen LogP contribution in [0.2, 0.25) is 0 Å². The van der Waals surface area contributed by atoms with Crippen molar-refractivity contribution < 1.29 is 13.6 Å². The van der Waals surface area contributed by atoms with Crippen molar-refractivity contribution in [2.45, 2.75) is 13.3 Å². The number of carbonyl (C=O) groups is 1. The average Bonchev–Trinajstić information content (AvgIpc) is 2.46. The van der Waals surface area contributed by atoms with Gasteiger partial charge in [0.05, 0.1) is 0 Å². The highest BCUT2D eigenvalue weighted by atomic mass is 32.2. The second kappa shape index (κ2) is 6.18. The van der Waals surface area contributed by atoms with Gasteiger partial charge in [-0.3, -0.25) is 4.79 Å². The van der Waals surface area contributed by atoms with Gasteiger partial charge in [0.15, 0.2) is 0 Å². The van der Waals surface area contributed by atoms with Gasteiger partial charge in [-0.1, -0.05) is 24.8 Å². The molecular weight excluding hydrogens is 278 g/mol. The lowest BCUT2D eigenvalue weighted by molar-refractivity contribution is 0.109. The summed E-state index contributed by atoms with van der Waals surface area (Å²) in [6.45, 7) is 1.94. The van der Waals surface area contributed by atoms with Gasteiger partial charge in [-0.2, -0.15) is 0 Å². The Bertz CT molecular complexity index is 653. The first-order valence-electron chi connectivity index (χ1n) is 6.23. The molecule has 0 atom stereocenters. The lowest BCUT2D eigenvalue weighted by Gasteiger charge is -2.12. The molecule has 0 aliphatic carbocycles. The molecule has 104 valence electrons. The average molecular weight is 292 g/mol. The SMILES string of the molecule is CCc1ccc(F)cc1-c1cc(F)ccc1C(=O)SC. The number of hydrogen-bond acceptors (Lipinski definition) is 2. The van der Waals surface area contributed by atoms with E-state index in [1.54, 1.807) is 12.3 Å². The van der Waals surface area contributed by atoms with Crippen molar-refractivity contribution in [2.24, 2.45) is 0 Å². The number of carbonyl (C=O) groups excluding carboxylic acids is 1. The summed E-state index contributed by atoms with van der Waals surface area (Å²) in [5.74, 6) is -0.840. The third-order valence-electron chi connectivity index (χ3n) is 3.13. The predicted octanol–water partition coefficient (Wildman–Crippen LogP) is 4.70. The Hall–Kier alpha value is -1.68. The Morgan fingerprint density at radius 2 is 1.65 bits per heavy atom. The summed E-state index contributed by atoms with van der Waals surface area (Å²) in [6, 6.07) is 8.38. The van der Waals surface area contributed by atoms with Crippen LogP contribution >= 0.6 is 11.8 Å². The standard InChI is InChI=1S/C16H14F2OS/c1-3-10-4-5-11(17)8-14(10)15-9-12(18)6-7-13(15)16(19)20-2/h4-9H,3H2,1-2H3. The fourth-order valence-electron chi connectivity index (χ4n) is 2.13. The zero-order chi connectivity index (χ0) is 14.7. The lowest BCUT2D eigenvalue weighted by atomic mass is 9.94. The van der Waals surface area contributed by atoms with Crippen LogP contribution in [0.25, 0.3) is 11.1 Å². The van der Waals surface area contributed by atoms with E-state index >= 15 is 0 Å². The van der Waals surface area contributed by atoms with Crippen molar-refractivity contribution >= 4 is 16.9 Å². The van der Waals surface area contributed by atoms with Crippen molar-refractivity contribution in [1.29, 1.82) is 0 Å². The smallest absolute Gasteiger partial charge is 0.219 e. The fourth-order valence-corrected chi connectivity index (χ4v) is 2.53. The van der Waals surface area contributed by atoms with Crippen molar-refractivity contribution in [1.82, 2.24) is 0 Å². The molecule has 4 heteroatoms. The van der Waals surface area contributed by atoms with E-state index in [9.17, 15) is 13.6 Å². The quantitative estimate of drug-likeness (QED) is 0.816. The summed E-state index contributed by atoms with van der Waals surface area (Å²) >= 11 is 1.06. The lowest BCUT2D eigenvalue weighted by Crippen LogP contribution is -1.99. The van der Waals surface area contributed by atoms with Gasteiger partial charge in [0.25, 0.3) is 0 Å². The normalized spacial score (nSPS) is 10.6. The highest BCUT2D eigenvalue weighted by molar-refractivity contribution is 8.13. The van der Waals surface area contributed by atoms with E-state index in [0.717, 1.165) is 17.3 Å². The Balaban J connectivity index is 2.71. The minimum Gasteiger partial charge on any atom is -0.282 e. The number of rotatable bonds is 3. The molecule has 0 aromatic heterocycles. The minimum atomic E-state index is -0.441. The largest absolute Gasteiger partial charge is 0.282 e. The van der Waals surface area contributed by atoms with Crippen LogP contribution < -0.4 is 0 Å². The maximum Gasteiger partial charge on any atom is 0.219 e. The van der Waals surface area contributed by atoms with Crippen LogP contribution in [-0.4, -0.2) is 11.4 Å². The molecule has 0 saturated carbocycles. The zero-order valence-corrected chi connectivity index (χ0v) is 12.1. The van der Waals surface area contributed by atoms with Crippen LogP contribution in [0, 0.1) is 11.6 Å². The summed E-state index contributed by atoms with van der Waals surface area (Å²) in [4.78, 5) is 12.0. The molecule has 2 aromatic carbocycles. The van der Waals surface area contributed by atoms with Crippen LogP contribution in [0.4, 0.5) is 8.78 Å². The molecule has 0 fully saturated rings. The molecular formula is C16H14F2OS. The molecule has 20 heavy (non-hydrogen) atoms. The molecule has 1 nitrogen and oxygen atoms in total. The Morgan fingerprint density at radius 3 is 2.25 bits per heavy atom. The van der Waals surface area contributed by atoms with Crippen LogP contribution in [0.1, 0.15) is 22.8 Å². The van der Waals surface area contributed by atoms with Gasteiger partial charge in [0, 0.05) is 5.56 Å². The zero-order valence-electron chi connectivity index (χ0n) is 11.2. The third-order valence-corrected chi connectivity index (χ3v) is 3.72. The van der Waals surface area contributed by atoms with E-state index in [1.807, 2.05) is 6.92 Å². The monoisotopic (exact) mass is 292 g/mol. The highest BCUT2D eigenvalue weighted by Gasteiger charge is 2.15. The summed E-state index contributed by atoms with van der Waals surface area (Å²) < 4.78 is 27.0. The van der Waals surface area contributed by atoms with Gasteiger partial charge < -0.3 is 0 Å². The minimum absolute atomic E-state index is 0.161. The molecule has 0 unspecified atom stereocenters. The number of halogens is 2. The third kappa shape index (κ3) is 2.90. The first-order valence-corrected chi connectivity index (χ1v) is 7.46. The van der Waals surface area contributed by atoms with Gasteiger partial charge >= 0.3 is 0 Å². The number of hydrogen-bond donors (Lipinski definition) is 0. The molecule has 0 N–H and O–H groups in total. The van der Waals surface area contributed by atoms with Gasteiger partial charge in [-0.05, 0) is 59.7 Å².